The first-order valence-electron chi connectivity index (χ1n) is 6.00. The third kappa shape index (κ3) is 3.48. The molecule has 114 valence electrons. The van der Waals surface area contributed by atoms with Gasteiger partial charge in [0, 0.05) is 5.56 Å². The summed E-state index contributed by atoms with van der Waals surface area (Å²) in [5.41, 5.74) is 0.0994. The van der Waals surface area contributed by atoms with E-state index in [4.69, 9.17) is 9.66 Å². The van der Waals surface area contributed by atoms with E-state index in [0.29, 0.717) is 0 Å². The molecular weight excluding hydrogens is 310 g/mol. The highest BCUT2D eigenvalue weighted by atomic mass is 32.2. The minimum Gasteiger partial charge on any atom is -0.478 e. The number of rotatable bonds is 4. The van der Waals surface area contributed by atoms with Crippen molar-refractivity contribution in [3.63, 3.8) is 0 Å². The van der Waals surface area contributed by atoms with Gasteiger partial charge in [0.25, 0.3) is 16.0 Å². The SMILES string of the molecule is O=C(O)c1ccc(C(=O)Nc2ccccc2S(=O)(=O)O)cc1. The molecular formula is C14H11NO6S. The van der Waals surface area contributed by atoms with Gasteiger partial charge in [0.2, 0.25) is 0 Å². The minimum atomic E-state index is -4.47. The molecule has 2 rings (SSSR count). The predicted octanol–water partition coefficient (Wildman–Crippen LogP) is 1.88. The molecule has 2 aromatic rings. The summed E-state index contributed by atoms with van der Waals surface area (Å²) in [6.07, 6.45) is 0. The second-order valence-corrected chi connectivity index (χ2v) is 5.70. The van der Waals surface area contributed by atoms with E-state index in [1.54, 1.807) is 0 Å². The zero-order chi connectivity index (χ0) is 16.3. The van der Waals surface area contributed by atoms with Gasteiger partial charge in [-0.2, -0.15) is 8.42 Å². The molecule has 0 unspecified atom stereocenters. The largest absolute Gasteiger partial charge is 0.478 e. The quantitative estimate of drug-likeness (QED) is 0.739. The normalized spacial score (nSPS) is 11.0. The van der Waals surface area contributed by atoms with E-state index in [-0.39, 0.29) is 16.8 Å². The Hall–Kier alpha value is -2.71. The first-order valence-corrected chi connectivity index (χ1v) is 7.44. The Kier molecular flexibility index (Phi) is 4.25. The lowest BCUT2D eigenvalue weighted by atomic mass is 10.1. The Morgan fingerprint density at radius 3 is 2.00 bits per heavy atom. The van der Waals surface area contributed by atoms with Gasteiger partial charge in [-0.25, -0.2) is 4.79 Å². The molecule has 7 nitrogen and oxygen atoms in total. The summed E-state index contributed by atoms with van der Waals surface area (Å²) in [5.74, 6) is -1.75. The van der Waals surface area contributed by atoms with Crippen molar-refractivity contribution in [1.82, 2.24) is 0 Å². The lowest BCUT2D eigenvalue weighted by Crippen LogP contribution is -2.14. The molecule has 2 aromatic carbocycles. The number of amides is 1. The molecule has 0 aromatic heterocycles. The molecule has 0 heterocycles. The molecule has 0 aliphatic rings. The van der Waals surface area contributed by atoms with Crippen molar-refractivity contribution in [2.75, 3.05) is 5.32 Å². The number of carboxylic acid groups (broad SMARTS) is 1. The monoisotopic (exact) mass is 321 g/mol. The van der Waals surface area contributed by atoms with Gasteiger partial charge in [-0.3, -0.25) is 9.35 Å². The van der Waals surface area contributed by atoms with Crippen molar-refractivity contribution in [1.29, 1.82) is 0 Å². The molecule has 0 radical (unpaired) electrons. The van der Waals surface area contributed by atoms with Crippen molar-refractivity contribution >= 4 is 27.7 Å². The van der Waals surface area contributed by atoms with Crippen LogP contribution in [-0.2, 0) is 10.1 Å². The Bertz CT molecular complexity index is 827. The van der Waals surface area contributed by atoms with E-state index < -0.39 is 26.9 Å². The van der Waals surface area contributed by atoms with Crippen LogP contribution in [0, 0.1) is 0 Å². The molecule has 0 saturated heterocycles. The number of carbonyl (C=O) groups is 2. The third-order valence-corrected chi connectivity index (χ3v) is 3.72. The number of hydrogen-bond donors (Lipinski definition) is 3. The van der Waals surface area contributed by atoms with Crippen molar-refractivity contribution in [3.05, 3.63) is 59.7 Å². The zero-order valence-electron chi connectivity index (χ0n) is 11.1. The van der Waals surface area contributed by atoms with Crippen LogP contribution in [0.2, 0.25) is 0 Å². The Labute approximate surface area is 126 Å². The van der Waals surface area contributed by atoms with Crippen molar-refractivity contribution in [3.8, 4) is 0 Å². The maximum atomic E-state index is 12.0. The average molecular weight is 321 g/mol. The summed E-state index contributed by atoms with van der Waals surface area (Å²) in [7, 11) is -4.47. The van der Waals surface area contributed by atoms with Crippen LogP contribution < -0.4 is 5.32 Å². The van der Waals surface area contributed by atoms with E-state index in [2.05, 4.69) is 5.32 Å². The van der Waals surface area contributed by atoms with Gasteiger partial charge in [-0.15, -0.1) is 0 Å². The Balaban J connectivity index is 2.28. The van der Waals surface area contributed by atoms with Gasteiger partial charge in [-0.05, 0) is 36.4 Å². The maximum Gasteiger partial charge on any atom is 0.335 e. The second kappa shape index (κ2) is 5.96. The molecule has 0 aliphatic heterocycles. The van der Waals surface area contributed by atoms with Crippen LogP contribution >= 0.6 is 0 Å². The molecule has 0 fully saturated rings. The van der Waals surface area contributed by atoms with Gasteiger partial charge in [0.05, 0.1) is 11.3 Å². The lowest BCUT2D eigenvalue weighted by molar-refractivity contribution is 0.0696. The Morgan fingerprint density at radius 2 is 1.45 bits per heavy atom. The zero-order valence-corrected chi connectivity index (χ0v) is 11.9. The molecule has 0 atom stereocenters. The lowest BCUT2D eigenvalue weighted by Gasteiger charge is -2.09. The average Bonchev–Trinajstić information content (AvgIpc) is 2.46. The summed E-state index contributed by atoms with van der Waals surface area (Å²) >= 11 is 0. The number of anilines is 1. The molecule has 0 bridgehead atoms. The van der Waals surface area contributed by atoms with E-state index in [1.807, 2.05) is 0 Å². The molecule has 3 N–H and O–H groups in total. The maximum absolute atomic E-state index is 12.0. The van der Waals surface area contributed by atoms with E-state index in [1.165, 1.54) is 42.5 Å². The van der Waals surface area contributed by atoms with Crippen LogP contribution in [0.25, 0.3) is 0 Å². The van der Waals surface area contributed by atoms with Crippen LogP contribution in [0.3, 0.4) is 0 Å². The van der Waals surface area contributed by atoms with Gasteiger partial charge in [0.15, 0.2) is 0 Å². The van der Waals surface area contributed by atoms with E-state index in [9.17, 15) is 18.0 Å². The smallest absolute Gasteiger partial charge is 0.335 e. The number of nitrogens with one attached hydrogen (secondary N) is 1. The number of benzene rings is 2. The van der Waals surface area contributed by atoms with Gasteiger partial charge in [0.1, 0.15) is 4.90 Å². The highest BCUT2D eigenvalue weighted by Crippen LogP contribution is 2.21. The fourth-order valence-electron chi connectivity index (χ4n) is 1.75. The van der Waals surface area contributed by atoms with Crippen molar-refractivity contribution < 1.29 is 27.7 Å². The van der Waals surface area contributed by atoms with E-state index in [0.717, 1.165) is 6.07 Å². The van der Waals surface area contributed by atoms with Crippen LogP contribution in [0.15, 0.2) is 53.4 Å². The molecule has 22 heavy (non-hydrogen) atoms. The van der Waals surface area contributed by atoms with Crippen LogP contribution in [-0.4, -0.2) is 30.0 Å². The molecule has 8 heteroatoms. The summed E-state index contributed by atoms with van der Waals surface area (Å²) in [4.78, 5) is 22.3. The summed E-state index contributed by atoms with van der Waals surface area (Å²) < 4.78 is 31.6. The van der Waals surface area contributed by atoms with Crippen molar-refractivity contribution in [2.24, 2.45) is 0 Å². The van der Waals surface area contributed by atoms with Crippen LogP contribution in [0.4, 0.5) is 5.69 Å². The molecule has 0 saturated carbocycles. The number of para-hydroxylation sites is 1. The second-order valence-electron chi connectivity index (χ2n) is 4.31. The first kappa shape index (κ1) is 15.7. The number of hydrogen-bond acceptors (Lipinski definition) is 4. The number of carbonyl (C=O) groups excluding carboxylic acids is 1. The topological polar surface area (TPSA) is 121 Å². The van der Waals surface area contributed by atoms with Gasteiger partial charge >= 0.3 is 5.97 Å². The summed E-state index contributed by atoms with van der Waals surface area (Å²) in [6, 6.07) is 10.5. The number of carboxylic acids is 1. The molecule has 1 amide bonds. The highest BCUT2D eigenvalue weighted by molar-refractivity contribution is 7.86. The summed E-state index contributed by atoms with van der Waals surface area (Å²) in [5, 5.41) is 11.1. The van der Waals surface area contributed by atoms with E-state index >= 15 is 0 Å². The fraction of sp³-hybridized carbons (Fsp3) is 0. The van der Waals surface area contributed by atoms with Crippen LogP contribution in [0.1, 0.15) is 20.7 Å². The van der Waals surface area contributed by atoms with Crippen molar-refractivity contribution in [2.45, 2.75) is 4.90 Å². The molecule has 0 aliphatic carbocycles. The van der Waals surface area contributed by atoms with Gasteiger partial charge < -0.3 is 10.4 Å². The fourth-order valence-corrected chi connectivity index (χ4v) is 2.40. The molecule has 0 spiro atoms. The standard InChI is InChI=1S/C14H11NO6S/c16-13(9-5-7-10(8-6-9)14(17)18)15-11-3-1-2-4-12(11)22(19,20)21/h1-8H,(H,15,16)(H,17,18)(H,19,20,21). The highest BCUT2D eigenvalue weighted by Gasteiger charge is 2.17. The predicted molar refractivity (Wildman–Crippen MR) is 77.6 cm³/mol. The third-order valence-electron chi connectivity index (χ3n) is 2.81. The Morgan fingerprint density at radius 1 is 0.909 bits per heavy atom. The minimum absolute atomic E-state index is 0.0230. The van der Waals surface area contributed by atoms with Gasteiger partial charge in [-0.1, -0.05) is 12.1 Å². The number of aromatic carboxylic acids is 1. The first-order chi connectivity index (χ1) is 10.3. The van der Waals surface area contributed by atoms with Crippen LogP contribution in [0.5, 0.6) is 0 Å². The summed E-state index contributed by atoms with van der Waals surface area (Å²) in [6.45, 7) is 0.